The number of likely N-dealkylation sites (N-methyl/N-ethyl adjacent to an activating group) is 1. The summed E-state index contributed by atoms with van der Waals surface area (Å²) in [5, 5.41) is 0. The molecule has 100 valence electrons. The van der Waals surface area contributed by atoms with Crippen molar-refractivity contribution in [2.24, 2.45) is 0 Å². The molecule has 1 aliphatic heterocycles. The first-order valence-electron chi connectivity index (χ1n) is 6.72. The van der Waals surface area contributed by atoms with Crippen molar-refractivity contribution in [3.8, 4) is 5.75 Å². The molecule has 0 aliphatic carbocycles. The lowest BCUT2D eigenvalue weighted by Crippen LogP contribution is -3.27. The predicted octanol–water partition coefficient (Wildman–Crippen LogP) is -0.239. The average Bonchev–Trinajstić information content (AvgIpc) is 2.40. The van der Waals surface area contributed by atoms with Crippen LogP contribution in [-0.2, 0) is 6.54 Å². The molecule has 1 heterocycles. The van der Waals surface area contributed by atoms with Crippen LogP contribution in [0.25, 0.3) is 0 Å². The van der Waals surface area contributed by atoms with Gasteiger partial charge in [0.15, 0.2) is 0 Å². The van der Waals surface area contributed by atoms with Crippen LogP contribution in [-0.4, -0.2) is 39.8 Å². The number of halogens is 1. The van der Waals surface area contributed by atoms with Gasteiger partial charge in [-0.1, -0.05) is 15.9 Å². The third kappa shape index (κ3) is 3.46. The predicted molar refractivity (Wildman–Crippen MR) is 76.3 cm³/mol. The van der Waals surface area contributed by atoms with Crippen LogP contribution in [0.2, 0.25) is 0 Å². The molecular formula is C14H23BrN2O+2. The van der Waals surface area contributed by atoms with Crippen LogP contribution in [0.4, 0.5) is 0 Å². The summed E-state index contributed by atoms with van der Waals surface area (Å²) in [7, 11) is 1.75. The van der Waals surface area contributed by atoms with Gasteiger partial charge in [-0.2, -0.15) is 0 Å². The lowest BCUT2D eigenvalue weighted by atomic mass is 10.1. The smallest absolute Gasteiger partial charge is 0.127 e. The Kier molecular flexibility index (Phi) is 5.03. The molecular weight excluding hydrogens is 292 g/mol. The summed E-state index contributed by atoms with van der Waals surface area (Å²) in [6, 6.07) is 6.27. The van der Waals surface area contributed by atoms with Gasteiger partial charge in [0.05, 0.1) is 13.7 Å². The molecule has 0 saturated carbocycles. The fraction of sp³-hybridized carbons (Fsp3) is 0.571. The van der Waals surface area contributed by atoms with Crippen LogP contribution in [0, 0.1) is 0 Å². The first kappa shape index (κ1) is 13.8. The zero-order chi connectivity index (χ0) is 13.0. The highest BCUT2D eigenvalue weighted by atomic mass is 79.9. The Labute approximate surface area is 118 Å². The van der Waals surface area contributed by atoms with E-state index in [9.17, 15) is 0 Å². The first-order valence-corrected chi connectivity index (χ1v) is 7.51. The summed E-state index contributed by atoms with van der Waals surface area (Å²) in [4.78, 5) is 3.41. The van der Waals surface area contributed by atoms with Crippen LogP contribution >= 0.6 is 15.9 Å². The van der Waals surface area contributed by atoms with Crippen molar-refractivity contribution in [3.05, 3.63) is 28.2 Å². The van der Waals surface area contributed by atoms with Gasteiger partial charge in [-0.25, -0.2) is 0 Å². The summed E-state index contributed by atoms with van der Waals surface area (Å²) in [6.45, 7) is 9.72. The zero-order valence-electron chi connectivity index (χ0n) is 11.3. The van der Waals surface area contributed by atoms with Gasteiger partial charge in [0.25, 0.3) is 0 Å². The molecule has 0 spiro atoms. The Hall–Kier alpha value is -0.580. The molecule has 1 aromatic rings. The van der Waals surface area contributed by atoms with Gasteiger partial charge in [-0.3, -0.25) is 0 Å². The van der Waals surface area contributed by atoms with Gasteiger partial charge < -0.3 is 14.5 Å². The monoisotopic (exact) mass is 314 g/mol. The van der Waals surface area contributed by atoms with E-state index in [2.05, 4.69) is 28.9 Å². The highest BCUT2D eigenvalue weighted by molar-refractivity contribution is 9.10. The van der Waals surface area contributed by atoms with Crippen molar-refractivity contribution >= 4 is 15.9 Å². The largest absolute Gasteiger partial charge is 0.496 e. The maximum absolute atomic E-state index is 5.44. The number of quaternary nitrogens is 2. The number of methoxy groups -OCH3 is 1. The fourth-order valence-corrected chi connectivity index (χ4v) is 3.05. The van der Waals surface area contributed by atoms with Gasteiger partial charge in [-0.15, -0.1) is 0 Å². The molecule has 1 fully saturated rings. The molecule has 0 aromatic heterocycles. The van der Waals surface area contributed by atoms with Crippen LogP contribution in [0.15, 0.2) is 22.7 Å². The number of rotatable bonds is 4. The number of hydrogen-bond acceptors (Lipinski definition) is 1. The molecule has 0 bridgehead atoms. The Morgan fingerprint density at radius 3 is 2.44 bits per heavy atom. The minimum atomic E-state index is 1.01. The molecule has 1 aromatic carbocycles. The molecule has 2 rings (SSSR count). The SMILES string of the molecule is CC[NH+]1CC[NH+](Cc2cc(Br)ccc2OC)CC1. The van der Waals surface area contributed by atoms with E-state index in [0.29, 0.717) is 0 Å². The van der Waals surface area contributed by atoms with Crippen LogP contribution in [0.1, 0.15) is 12.5 Å². The van der Waals surface area contributed by atoms with Crippen LogP contribution < -0.4 is 14.5 Å². The second kappa shape index (κ2) is 6.55. The molecule has 1 saturated heterocycles. The van der Waals surface area contributed by atoms with E-state index in [1.807, 2.05) is 12.1 Å². The molecule has 0 amide bonds. The molecule has 18 heavy (non-hydrogen) atoms. The van der Waals surface area contributed by atoms with E-state index < -0.39 is 0 Å². The lowest BCUT2D eigenvalue weighted by Gasteiger charge is -2.29. The number of hydrogen-bond donors (Lipinski definition) is 2. The Bertz CT molecular complexity index is 389. The first-order chi connectivity index (χ1) is 8.72. The molecule has 1 aliphatic rings. The minimum absolute atomic E-state index is 1.01. The highest BCUT2D eigenvalue weighted by Gasteiger charge is 2.22. The standard InChI is InChI=1S/C14H21BrN2O/c1-3-16-6-8-17(9-7-16)11-12-10-13(15)4-5-14(12)18-2/h4-5,10H,3,6-9,11H2,1-2H3/p+2. The Morgan fingerprint density at radius 1 is 1.17 bits per heavy atom. The van der Waals surface area contributed by atoms with E-state index in [0.717, 1.165) is 16.8 Å². The van der Waals surface area contributed by atoms with E-state index in [-0.39, 0.29) is 0 Å². The molecule has 4 heteroatoms. The zero-order valence-corrected chi connectivity index (χ0v) is 12.8. The second-order valence-corrected chi connectivity index (χ2v) is 5.90. The number of piperazine rings is 1. The summed E-state index contributed by atoms with van der Waals surface area (Å²) in [6.07, 6.45) is 0. The van der Waals surface area contributed by atoms with Gasteiger partial charge in [0.1, 0.15) is 38.5 Å². The summed E-state index contributed by atoms with van der Waals surface area (Å²) in [5.41, 5.74) is 1.31. The summed E-state index contributed by atoms with van der Waals surface area (Å²) < 4.78 is 6.58. The maximum Gasteiger partial charge on any atom is 0.127 e. The third-order valence-corrected chi connectivity index (χ3v) is 4.34. The number of ether oxygens (including phenoxy) is 1. The minimum Gasteiger partial charge on any atom is -0.496 e. The normalized spacial score (nSPS) is 23.9. The van der Waals surface area contributed by atoms with E-state index in [4.69, 9.17) is 4.74 Å². The summed E-state index contributed by atoms with van der Waals surface area (Å²) >= 11 is 3.54. The molecule has 2 N–H and O–H groups in total. The molecule has 0 unspecified atom stereocenters. The number of nitrogens with one attached hydrogen (secondary N) is 2. The average molecular weight is 315 g/mol. The summed E-state index contributed by atoms with van der Waals surface area (Å²) in [5.74, 6) is 1.01. The van der Waals surface area contributed by atoms with E-state index >= 15 is 0 Å². The Morgan fingerprint density at radius 2 is 1.83 bits per heavy atom. The molecule has 0 atom stereocenters. The quantitative estimate of drug-likeness (QED) is 0.785. The lowest BCUT2D eigenvalue weighted by molar-refractivity contribution is -1.02. The van der Waals surface area contributed by atoms with Crippen molar-refractivity contribution in [2.75, 3.05) is 39.8 Å². The van der Waals surface area contributed by atoms with Gasteiger partial charge in [0.2, 0.25) is 0 Å². The van der Waals surface area contributed by atoms with Crippen molar-refractivity contribution in [3.63, 3.8) is 0 Å². The van der Waals surface area contributed by atoms with Crippen molar-refractivity contribution < 1.29 is 14.5 Å². The second-order valence-electron chi connectivity index (χ2n) is 4.99. The highest BCUT2D eigenvalue weighted by Crippen LogP contribution is 2.22. The van der Waals surface area contributed by atoms with Gasteiger partial charge >= 0.3 is 0 Å². The maximum atomic E-state index is 5.44. The van der Waals surface area contributed by atoms with Crippen molar-refractivity contribution in [1.82, 2.24) is 0 Å². The topological polar surface area (TPSA) is 18.1 Å². The van der Waals surface area contributed by atoms with E-state index in [1.165, 1.54) is 38.3 Å². The van der Waals surface area contributed by atoms with Gasteiger partial charge in [0, 0.05) is 10.0 Å². The van der Waals surface area contributed by atoms with E-state index in [1.54, 1.807) is 16.9 Å². The fourth-order valence-electron chi connectivity index (χ4n) is 2.64. The van der Waals surface area contributed by atoms with Crippen LogP contribution in [0.3, 0.4) is 0 Å². The molecule has 3 nitrogen and oxygen atoms in total. The van der Waals surface area contributed by atoms with Crippen molar-refractivity contribution in [2.45, 2.75) is 13.5 Å². The molecule has 0 radical (unpaired) electrons. The number of benzene rings is 1. The van der Waals surface area contributed by atoms with Crippen LogP contribution in [0.5, 0.6) is 5.75 Å². The third-order valence-electron chi connectivity index (χ3n) is 3.85. The Balaban J connectivity index is 1.99. The van der Waals surface area contributed by atoms with Gasteiger partial charge in [-0.05, 0) is 25.1 Å². The van der Waals surface area contributed by atoms with Crippen molar-refractivity contribution in [1.29, 1.82) is 0 Å².